The van der Waals surface area contributed by atoms with Crippen LogP contribution in [0, 0.1) is 6.92 Å². The summed E-state index contributed by atoms with van der Waals surface area (Å²) in [6.07, 6.45) is 1.20. The summed E-state index contributed by atoms with van der Waals surface area (Å²) < 4.78 is 38.0. The maximum atomic E-state index is 13.0. The zero-order chi connectivity index (χ0) is 10.8. The number of aliphatic hydroxyl groups is 1. The summed E-state index contributed by atoms with van der Waals surface area (Å²) in [4.78, 5) is 3.70. The molecular weight excluding hydrogens is 195 g/mol. The topological polar surface area (TPSA) is 33.1 Å². The van der Waals surface area contributed by atoms with Crippen LogP contribution in [0.5, 0.6) is 0 Å². The van der Waals surface area contributed by atoms with Gasteiger partial charge in [-0.05, 0) is 18.6 Å². The fourth-order valence-electron chi connectivity index (χ4n) is 1.12. The van der Waals surface area contributed by atoms with Gasteiger partial charge in [-0.15, -0.1) is 0 Å². The molecule has 78 valence electrons. The molecule has 0 aromatic carbocycles. The first-order valence-electron chi connectivity index (χ1n) is 4.02. The molecule has 0 aliphatic rings. The molecule has 2 nitrogen and oxygen atoms in total. The second kappa shape index (κ2) is 3.96. The summed E-state index contributed by atoms with van der Waals surface area (Å²) in [5.41, 5.74) is -0.0948. The van der Waals surface area contributed by atoms with Crippen molar-refractivity contribution >= 4 is 0 Å². The van der Waals surface area contributed by atoms with E-state index in [9.17, 15) is 13.2 Å². The summed E-state index contributed by atoms with van der Waals surface area (Å²) in [6.45, 7) is -0.759. The molecule has 0 bridgehead atoms. The monoisotopic (exact) mass is 205 g/mol. The van der Waals surface area contributed by atoms with E-state index in [1.807, 2.05) is 0 Å². The molecule has 1 N–H and O–H groups in total. The van der Waals surface area contributed by atoms with Gasteiger partial charge in [-0.3, -0.25) is 4.98 Å². The molecule has 0 aliphatic heterocycles. The van der Waals surface area contributed by atoms with Gasteiger partial charge < -0.3 is 5.11 Å². The largest absolute Gasteiger partial charge is 0.390 e. The summed E-state index contributed by atoms with van der Waals surface area (Å²) in [5.74, 6) is -3.50. The summed E-state index contributed by atoms with van der Waals surface area (Å²) in [5, 5.41) is 8.69. The van der Waals surface area contributed by atoms with Crippen LogP contribution in [-0.4, -0.2) is 16.8 Å². The minimum atomic E-state index is -3.50. The van der Waals surface area contributed by atoms with Crippen LogP contribution in [0.15, 0.2) is 12.3 Å². The van der Waals surface area contributed by atoms with Gasteiger partial charge in [0.1, 0.15) is 0 Å². The lowest BCUT2D eigenvalue weighted by Gasteiger charge is -2.15. The Bertz CT molecular complexity index is 328. The maximum Gasteiger partial charge on any atom is 0.301 e. The number of nitrogens with zero attached hydrogens (tertiary/aromatic N) is 1. The van der Waals surface area contributed by atoms with Gasteiger partial charge in [0.15, 0.2) is 6.67 Å². The van der Waals surface area contributed by atoms with Gasteiger partial charge in [-0.1, -0.05) is 0 Å². The van der Waals surface area contributed by atoms with Crippen molar-refractivity contribution in [1.82, 2.24) is 4.98 Å². The highest BCUT2D eigenvalue weighted by atomic mass is 19.3. The fraction of sp³-hybridized carbons (Fsp3) is 0.444. The van der Waals surface area contributed by atoms with E-state index in [1.54, 1.807) is 0 Å². The lowest BCUT2D eigenvalue weighted by atomic mass is 10.0. The molecule has 0 fully saturated rings. The van der Waals surface area contributed by atoms with Crippen molar-refractivity contribution in [1.29, 1.82) is 0 Å². The molecule has 0 amide bonds. The van der Waals surface area contributed by atoms with E-state index in [2.05, 4.69) is 4.98 Å². The number of alkyl halides is 3. The van der Waals surface area contributed by atoms with Gasteiger partial charge in [0.25, 0.3) is 0 Å². The van der Waals surface area contributed by atoms with Crippen LogP contribution in [0.3, 0.4) is 0 Å². The van der Waals surface area contributed by atoms with Crippen LogP contribution in [0.1, 0.15) is 16.8 Å². The van der Waals surface area contributed by atoms with E-state index in [1.165, 1.54) is 13.1 Å². The lowest BCUT2D eigenvalue weighted by Crippen LogP contribution is -2.18. The maximum absolute atomic E-state index is 13.0. The number of hydrogen-bond acceptors (Lipinski definition) is 2. The number of rotatable bonds is 3. The van der Waals surface area contributed by atoms with Gasteiger partial charge >= 0.3 is 5.92 Å². The number of aryl methyl sites for hydroxylation is 1. The summed E-state index contributed by atoms with van der Waals surface area (Å²) >= 11 is 0. The Hall–Kier alpha value is -1.10. The molecular formula is C9H10F3NO. The highest BCUT2D eigenvalue weighted by Gasteiger charge is 2.33. The van der Waals surface area contributed by atoms with Crippen molar-refractivity contribution in [2.24, 2.45) is 0 Å². The van der Waals surface area contributed by atoms with E-state index in [4.69, 9.17) is 5.11 Å². The predicted octanol–water partition coefficient (Wildman–Crippen LogP) is 1.94. The van der Waals surface area contributed by atoms with Gasteiger partial charge in [0, 0.05) is 11.8 Å². The minimum Gasteiger partial charge on any atom is -0.390 e. The molecule has 5 heteroatoms. The average Bonchev–Trinajstić information content (AvgIpc) is 2.18. The van der Waals surface area contributed by atoms with Gasteiger partial charge in [0.05, 0.1) is 12.3 Å². The van der Waals surface area contributed by atoms with Crippen LogP contribution < -0.4 is 0 Å². The third-order valence-electron chi connectivity index (χ3n) is 1.88. The molecule has 0 unspecified atom stereocenters. The Labute approximate surface area is 79.4 Å². The minimum absolute atomic E-state index is 0.110. The van der Waals surface area contributed by atoms with Crippen LogP contribution in [0.25, 0.3) is 0 Å². The number of aliphatic hydroxyl groups excluding tert-OH is 1. The van der Waals surface area contributed by atoms with Gasteiger partial charge in [-0.2, -0.15) is 8.78 Å². The third kappa shape index (κ3) is 2.04. The smallest absolute Gasteiger partial charge is 0.301 e. The van der Waals surface area contributed by atoms with Crippen molar-refractivity contribution in [3.8, 4) is 0 Å². The molecule has 1 heterocycles. The van der Waals surface area contributed by atoms with E-state index < -0.39 is 24.8 Å². The molecule has 0 aliphatic carbocycles. The van der Waals surface area contributed by atoms with Crippen molar-refractivity contribution in [2.45, 2.75) is 19.5 Å². The molecule has 0 saturated heterocycles. The summed E-state index contributed by atoms with van der Waals surface area (Å²) in [7, 11) is 0. The predicted molar refractivity (Wildman–Crippen MR) is 44.8 cm³/mol. The Kier molecular flexibility index (Phi) is 3.10. The molecule has 14 heavy (non-hydrogen) atoms. The molecule has 0 saturated carbocycles. The van der Waals surface area contributed by atoms with E-state index in [-0.39, 0.29) is 11.3 Å². The zero-order valence-electron chi connectivity index (χ0n) is 7.60. The Morgan fingerprint density at radius 2 is 2.14 bits per heavy atom. The Balaban J connectivity index is 3.18. The van der Waals surface area contributed by atoms with E-state index in [0.29, 0.717) is 0 Å². The van der Waals surface area contributed by atoms with Crippen LogP contribution in [0.4, 0.5) is 13.2 Å². The van der Waals surface area contributed by atoms with Crippen LogP contribution in [0.2, 0.25) is 0 Å². The number of aromatic nitrogens is 1. The van der Waals surface area contributed by atoms with E-state index in [0.717, 1.165) is 6.07 Å². The Morgan fingerprint density at radius 3 is 2.64 bits per heavy atom. The molecule has 1 aromatic rings. The second-order valence-corrected chi connectivity index (χ2v) is 2.99. The number of hydrogen-bond donors (Lipinski definition) is 1. The summed E-state index contributed by atoms with van der Waals surface area (Å²) in [6, 6.07) is 1.02. The molecule has 1 rings (SSSR count). The SMILES string of the molecule is Cc1cnc(CO)cc1C(F)(F)CF. The highest BCUT2D eigenvalue weighted by molar-refractivity contribution is 5.29. The molecule has 1 aromatic heterocycles. The average molecular weight is 205 g/mol. The first-order valence-corrected chi connectivity index (χ1v) is 4.02. The first kappa shape index (κ1) is 11.0. The van der Waals surface area contributed by atoms with Crippen molar-refractivity contribution in [2.75, 3.05) is 6.67 Å². The number of halogens is 3. The van der Waals surface area contributed by atoms with Crippen LogP contribution in [-0.2, 0) is 12.5 Å². The Morgan fingerprint density at radius 1 is 1.50 bits per heavy atom. The van der Waals surface area contributed by atoms with Crippen LogP contribution >= 0.6 is 0 Å². The van der Waals surface area contributed by atoms with Crippen molar-refractivity contribution in [3.63, 3.8) is 0 Å². The fourth-order valence-corrected chi connectivity index (χ4v) is 1.12. The van der Waals surface area contributed by atoms with Gasteiger partial charge in [0.2, 0.25) is 0 Å². The van der Waals surface area contributed by atoms with Gasteiger partial charge in [-0.25, -0.2) is 4.39 Å². The standard InChI is InChI=1S/C9H10F3NO/c1-6-3-13-7(4-14)2-8(6)9(11,12)5-10/h2-3,14H,4-5H2,1H3. The first-order chi connectivity index (χ1) is 6.51. The number of pyridine rings is 1. The molecule has 0 spiro atoms. The lowest BCUT2D eigenvalue weighted by molar-refractivity contribution is -0.0288. The third-order valence-corrected chi connectivity index (χ3v) is 1.88. The molecule has 0 radical (unpaired) electrons. The zero-order valence-corrected chi connectivity index (χ0v) is 7.60. The second-order valence-electron chi connectivity index (χ2n) is 2.99. The van der Waals surface area contributed by atoms with Crippen molar-refractivity contribution < 1.29 is 18.3 Å². The molecule has 0 atom stereocenters. The van der Waals surface area contributed by atoms with E-state index >= 15 is 0 Å². The van der Waals surface area contributed by atoms with Crippen molar-refractivity contribution in [3.05, 3.63) is 29.1 Å². The highest BCUT2D eigenvalue weighted by Crippen LogP contribution is 2.30. The quantitative estimate of drug-likeness (QED) is 0.818. The normalized spacial score (nSPS) is 11.8.